The molecule has 1 amide bonds. The summed E-state index contributed by atoms with van der Waals surface area (Å²) < 4.78 is 66.2. The predicted octanol–water partition coefficient (Wildman–Crippen LogP) is 3.65. The number of alkyl halides is 3. The van der Waals surface area contributed by atoms with Crippen molar-refractivity contribution in [2.24, 2.45) is 34.8 Å². The molecule has 33 heavy (non-hydrogen) atoms. The van der Waals surface area contributed by atoms with Crippen molar-refractivity contribution in [1.82, 2.24) is 4.72 Å². The van der Waals surface area contributed by atoms with E-state index >= 15 is 0 Å². The number of benzene rings is 1. The summed E-state index contributed by atoms with van der Waals surface area (Å²) >= 11 is 0. The number of Topliss-reactive ketones (excluding diaryl/α,β-unsaturated/α-hetero) is 1. The molecule has 182 valence electrons. The molecule has 0 saturated heterocycles. The van der Waals surface area contributed by atoms with Crippen molar-refractivity contribution in [3.8, 4) is 0 Å². The number of hydrogen-bond acceptors (Lipinski definition) is 4. The van der Waals surface area contributed by atoms with Gasteiger partial charge in [-0.2, -0.15) is 17.9 Å². The monoisotopic (exact) mass is 486 g/mol. The van der Waals surface area contributed by atoms with Crippen LogP contribution in [0, 0.1) is 29.1 Å². The molecule has 0 radical (unpaired) electrons. The third-order valence-electron chi connectivity index (χ3n) is 7.99. The molecule has 4 bridgehead atoms. The minimum absolute atomic E-state index is 0.0800. The lowest BCUT2D eigenvalue weighted by atomic mass is 9.45. The summed E-state index contributed by atoms with van der Waals surface area (Å²) in [6, 6.07) is 3.17. The number of nitrogens with one attached hydrogen (secondary N) is 1. The highest BCUT2D eigenvalue weighted by atomic mass is 32.2. The van der Waals surface area contributed by atoms with Gasteiger partial charge in [-0.15, -0.1) is 0 Å². The van der Waals surface area contributed by atoms with Crippen LogP contribution in [0.3, 0.4) is 0 Å². The van der Waals surface area contributed by atoms with E-state index in [1.54, 1.807) is 0 Å². The standard InChI is InChI=1S/C23H29F3N2O4S/c1-21(2,28-33(31,32)17-5-3-16(4-6-17)23(24,25)26)19(29)9-18-14-7-13-8-15(18)12-22(10-13,11-14)20(27)30/h3-6,13-15,18,28H,7-12H2,1-2H3,(H2,27,30). The molecule has 10 heteroatoms. The maximum Gasteiger partial charge on any atom is 0.416 e. The van der Waals surface area contributed by atoms with Gasteiger partial charge in [0.05, 0.1) is 16.0 Å². The Morgan fingerprint density at radius 2 is 1.61 bits per heavy atom. The first kappa shape index (κ1) is 24.2. The van der Waals surface area contributed by atoms with E-state index in [9.17, 15) is 31.2 Å². The highest BCUT2D eigenvalue weighted by molar-refractivity contribution is 7.89. The Hall–Kier alpha value is -1.94. The normalized spacial score (nSPS) is 31.5. The van der Waals surface area contributed by atoms with Gasteiger partial charge < -0.3 is 5.73 Å². The van der Waals surface area contributed by atoms with Gasteiger partial charge in [0.15, 0.2) is 5.78 Å². The fraction of sp³-hybridized carbons (Fsp3) is 0.652. The molecular weight excluding hydrogens is 457 g/mol. The van der Waals surface area contributed by atoms with Crippen molar-refractivity contribution in [2.75, 3.05) is 0 Å². The Bertz CT molecular complexity index is 1050. The number of ketones is 1. The fourth-order valence-corrected chi connectivity index (χ4v) is 7.91. The summed E-state index contributed by atoms with van der Waals surface area (Å²) in [7, 11) is -4.21. The van der Waals surface area contributed by atoms with Gasteiger partial charge in [0.1, 0.15) is 0 Å². The summed E-state index contributed by atoms with van der Waals surface area (Å²) in [5.41, 5.74) is 2.87. The van der Waals surface area contributed by atoms with Crippen molar-refractivity contribution in [3.63, 3.8) is 0 Å². The average Bonchev–Trinajstić information content (AvgIpc) is 2.68. The van der Waals surface area contributed by atoms with Gasteiger partial charge >= 0.3 is 6.18 Å². The second-order valence-corrected chi connectivity index (χ2v) is 12.3. The number of nitrogens with two attached hydrogens (primary N) is 1. The van der Waals surface area contributed by atoms with Gasteiger partial charge in [-0.3, -0.25) is 9.59 Å². The Labute approximate surface area is 191 Å². The number of sulfonamides is 1. The minimum atomic E-state index is -4.57. The summed E-state index contributed by atoms with van der Waals surface area (Å²) in [6.45, 7) is 2.94. The fourth-order valence-electron chi connectivity index (χ4n) is 6.51. The third kappa shape index (κ3) is 4.43. The molecule has 0 aliphatic heterocycles. The van der Waals surface area contributed by atoms with Crippen LogP contribution >= 0.6 is 0 Å². The molecule has 3 N–H and O–H groups in total. The number of carbonyl (C=O) groups excluding carboxylic acids is 2. The van der Waals surface area contributed by atoms with Crippen LogP contribution in [0.2, 0.25) is 0 Å². The second-order valence-electron chi connectivity index (χ2n) is 10.7. The number of hydrogen-bond donors (Lipinski definition) is 2. The van der Waals surface area contributed by atoms with Crippen LogP contribution in [0.15, 0.2) is 29.2 Å². The van der Waals surface area contributed by atoms with E-state index in [0.29, 0.717) is 30.9 Å². The lowest BCUT2D eigenvalue weighted by Gasteiger charge is -2.59. The smallest absolute Gasteiger partial charge is 0.369 e. The van der Waals surface area contributed by atoms with Gasteiger partial charge in [-0.05, 0) is 93.9 Å². The highest BCUT2D eigenvalue weighted by Crippen LogP contribution is 2.62. The SMILES string of the molecule is CC(C)(NS(=O)(=O)c1ccc(C(F)(F)F)cc1)C(=O)CC1C2CC3CC1CC(C(N)=O)(C3)C2. The lowest BCUT2D eigenvalue weighted by molar-refractivity contribution is -0.152. The molecule has 0 spiro atoms. The predicted molar refractivity (Wildman–Crippen MR) is 114 cm³/mol. The van der Waals surface area contributed by atoms with Crippen molar-refractivity contribution in [2.45, 2.75) is 69.0 Å². The van der Waals surface area contributed by atoms with E-state index in [0.717, 1.165) is 31.4 Å². The summed E-state index contributed by atoms with van der Waals surface area (Å²) in [4.78, 5) is 25.0. The van der Waals surface area contributed by atoms with Crippen LogP contribution in [0.1, 0.15) is 57.9 Å². The van der Waals surface area contributed by atoms with E-state index in [2.05, 4.69) is 4.72 Å². The number of primary amides is 1. The Balaban J connectivity index is 1.46. The molecule has 0 aromatic heterocycles. The van der Waals surface area contributed by atoms with Crippen LogP contribution in [0.4, 0.5) is 13.2 Å². The molecule has 2 atom stereocenters. The third-order valence-corrected chi connectivity index (χ3v) is 9.66. The van der Waals surface area contributed by atoms with Gasteiger partial charge in [-0.25, -0.2) is 8.42 Å². The molecule has 1 aromatic rings. The molecule has 0 heterocycles. The Morgan fingerprint density at radius 1 is 1.06 bits per heavy atom. The van der Waals surface area contributed by atoms with Gasteiger partial charge in [0.2, 0.25) is 15.9 Å². The lowest BCUT2D eigenvalue weighted by Crippen LogP contribution is -2.57. The van der Waals surface area contributed by atoms with E-state index < -0.39 is 32.7 Å². The van der Waals surface area contributed by atoms with E-state index in [1.165, 1.54) is 13.8 Å². The number of carbonyl (C=O) groups is 2. The van der Waals surface area contributed by atoms with Crippen LogP contribution in [-0.4, -0.2) is 25.6 Å². The average molecular weight is 487 g/mol. The van der Waals surface area contributed by atoms with Gasteiger partial charge in [0, 0.05) is 11.8 Å². The number of amides is 1. The van der Waals surface area contributed by atoms with Crippen molar-refractivity contribution >= 4 is 21.7 Å². The zero-order chi connectivity index (χ0) is 24.4. The summed E-state index contributed by atoms with van der Waals surface area (Å²) in [5.74, 6) is 0.439. The number of halogens is 3. The zero-order valence-electron chi connectivity index (χ0n) is 18.6. The first-order valence-corrected chi connectivity index (χ1v) is 12.7. The molecule has 4 aliphatic rings. The van der Waals surface area contributed by atoms with Gasteiger partial charge in [0.25, 0.3) is 0 Å². The topological polar surface area (TPSA) is 106 Å². The molecule has 6 nitrogen and oxygen atoms in total. The molecule has 4 aliphatic carbocycles. The van der Waals surface area contributed by atoms with Gasteiger partial charge in [-0.1, -0.05) is 0 Å². The molecule has 1 aromatic carbocycles. The highest BCUT2D eigenvalue weighted by Gasteiger charge is 2.58. The summed E-state index contributed by atoms with van der Waals surface area (Å²) in [6.07, 6.45) is -0.261. The molecule has 2 unspecified atom stereocenters. The quantitative estimate of drug-likeness (QED) is 0.614. The minimum Gasteiger partial charge on any atom is -0.369 e. The first-order chi connectivity index (χ1) is 15.1. The second kappa shape index (κ2) is 7.80. The van der Waals surface area contributed by atoms with Crippen molar-refractivity contribution in [3.05, 3.63) is 29.8 Å². The maximum absolute atomic E-state index is 13.2. The van der Waals surface area contributed by atoms with E-state index in [4.69, 9.17) is 5.73 Å². The molecular formula is C23H29F3N2O4S. The Morgan fingerprint density at radius 3 is 2.09 bits per heavy atom. The largest absolute Gasteiger partial charge is 0.416 e. The number of rotatable bonds is 7. The van der Waals surface area contributed by atoms with Crippen LogP contribution in [0.25, 0.3) is 0 Å². The van der Waals surface area contributed by atoms with Crippen LogP contribution in [0.5, 0.6) is 0 Å². The van der Waals surface area contributed by atoms with E-state index in [-0.39, 0.29) is 40.8 Å². The summed E-state index contributed by atoms with van der Waals surface area (Å²) in [5, 5.41) is 0. The zero-order valence-corrected chi connectivity index (χ0v) is 19.4. The van der Waals surface area contributed by atoms with Crippen molar-refractivity contribution in [1.29, 1.82) is 0 Å². The Kier molecular flexibility index (Phi) is 5.72. The molecule has 4 saturated carbocycles. The van der Waals surface area contributed by atoms with Crippen molar-refractivity contribution < 1.29 is 31.2 Å². The molecule has 4 fully saturated rings. The van der Waals surface area contributed by atoms with Crippen LogP contribution in [-0.2, 0) is 25.8 Å². The van der Waals surface area contributed by atoms with E-state index in [1.807, 2.05) is 0 Å². The first-order valence-electron chi connectivity index (χ1n) is 11.2. The molecule has 5 rings (SSSR count). The van der Waals surface area contributed by atoms with Crippen LogP contribution < -0.4 is 10.5 Å². The maximum atomic E-state index is 13.2.